The van der Waals surface area contributed by atoms with Gasteiger partial charge < -0.3 is 4.74 Å². The number of ketones is 1. The number of carbonyl (C=O) groups excluding carboxylic acids is 2. The Balaban J connectivity index is 2.36. The summed E-state index contributed by atoms with van der Waals surface area (Å²) in [6.45, 7) is 6.87. The van der Waals surface area contributed by atoms with Crippen LogP contribution in [-0.4, -0.2) is 24.6 Å². The van der Waals surface area contributed by atoms with Crippen molar-refractivity contribution in [2.45, 2.75) is 39.7 Å². The van der Waals surface area contributed by atoms with E-state index in [9.17, 15) is 9.59 Å². The van der Waals surface area contributed by atoms with Crippen LogP contribution < -0.4 is 0 Å². The summed E-state index contributed by atoms with van der Waals surface area (Å²) in [6, 6.07) is 0. The van der Waals surface area contributed by atoms with Crippen molar-refractivity contribution in [1.82, 2.24) is 0 Å². The second kappa shape index (κ2) is 4.21. The van der Waals surface area contributed by atoms with Crippen LogP contribution in [-0.2, 0) is 14.3 Å². The summed E-state index contributed by atoms with van der Waals surface area (Å²) < 4.78 is 5.26. The molecule has 0 aromatic carbocycles. The van der Waals surface area contributed by atoms with Gasteiger partial charge in [0.05, 0.1) is 12.7 Å². The molecule has 1 aliphatic heterocycles. The molecule has 0 saturated carbocycles. The fourth-order valence-corrected chi connectivity index (χ4v) is 2.75. The first-order valence-electron chi connectivity index (χ1n) is 5.89. The van der Waals surface area contributed by atoms with Gasteiger partial charge in [0.15, 0.2) is 5.78 Å². The summed E-state index contributed by atoms with van der Waals surface area (Å²) in [4.78, 5) is 25.8. The first-order valence-corrected chi connectivity index (χ1v) is 5.89. The van der Waals surface area contributed by atoms with Gasteiger partial charge in [0.25, 0.3) is 0 Å². The smallest absolute Gasteiger partial charge is 0.240 e. The lowest BCUT2D eigenvalue weighted by atomic mass is 9.65. The Hall–Kier alpha value is -1.25. The minimum absolute atomic E-state index is 0.0520. The Bertz CT molecular complexity index is 426. The molecule has 2 unspecified atom stereocenters. The zero-order valence-electron chi connectivity index (χ0n) is 10.4. The number of hydrogen-bond acceptors (Lipinski definition) is 4. The van der Waals surface area contributed by atoms with Crippen LogP contribution in [0.15, 0.2) is 16.3 Å². The average molecular weight is 235 g/mol. The van der Waals surface area contributed by atoms with E-state index in [0.29, 0.717) is 18.2 Å². The number of nitrogens with zero attached hydrogens (tertiary/aromatic N) is 1. The van der Waals surface area contributed by atoms with E-state index in [4.69, 9.17) is 4.74 Å². The molecule has 2 rings (SSSR count). The maximum Gasteiger partial charge on any atom is 0.240 e. The number of allylic oxidation sites excluding steroid dienone is 2. The van der Waals surface area contributed by atoms with Crippen LogP contribution >= 0.6 is 0 Å². The van der Waals surface area contributed by atoms with Crippen LogP contribution in [0.25, 0.3) is 0 Å². The summed E-state index contributed by atoms with van der Waals surface area (Å²) >= 11 is 0. The predicted molar refractivity (Wildman–Crippen MR) is 62.1 cm³/mol. The molecule has 0 aromatic heterocycles. The van der Waals surface area contributed by atoms with Crippen LogP contribution in [0.4, 0.5) is 0 Å². The average Bonchev–Trinajstić information content (AvgIpc) is 3.02. The highest BCUT2D eigenvalue weighted by Gasteiger charge is 2.42. The first kappa shape index (κ1) is 12.2. The molecule has 0 bridgehead atoms. The molecule has 4 nitrogen and oxygen atoms in total. The van der Waals surface area contributed by atoms with E-state index in [-0.39, 0.29) is 17.1 Å². The Kier molecular flexibility index (Phi) is 3.02. The van der Waals surface area contributed by atoms with Gasteiger partial charge in [-0.05, 0) is 30.3 Å². The molecule has 4 heteroatoms. The van der Waals surface area contributed by atoms with Crippen molar-refractivity contribution >= 4 is 11.9 Å². The Morgan fingerprint density at radius 1 is 1.53 bits per heavy atom. The highest BCUT2D eigenvalue weighted by atomic mass is 16.6. The zero-order valence-corrected chi connectivity index (χ0v) is 10.4. The second-order valence-corrected chi connectivity index (χ2v) is 5.57. The zero-order chi connectivity index (χ0) is 12.6. The van der Waals surface area contributed by atoms with Crippen LogP contribution in [0.1, 0.15) is 33.6 Å². The largest absolute Gasteiger partial charge is 0.373 e. The first-order chi connectivity index (χ1) is 7.95. The van der Waals surface area contributed by atoms with Gasteiger partial charge in [-0.3, -0.25) is 4.79 Å². The summed E-state index contributed by atoms with van der Waals surface area (Å²) in [5.74, 6) is 0.198. The number of epoxide rings is 1. The molecule has 2 atom stereocenters. The van der Waals surface area contributed by atoms with Crippen LogP contribution in [0.2, 0.25) is 0 Å². The maximum atomic E-state index is 11.9. The van der Waals surface area contributed by atoms with Gasteiger partial charge in [-0.25, -0.2) is 4.79 Å². The number of rotatable bonds is 3. The van der Waals surface area contributed by atoms with Crippen molar-refractivity contribution in [1.29, 1.82) is 0 Å². The predicted octanol–water partition coefficient (Wildman–Crippen LogP) is 2.00. The van der Waals surface area contributed by atoms with E-state index in [1.165, 1.54) is 6.08 Å². The third-order valence-electron chi connectivity index (χ3n) is 3.78. The van der Waals surface area contributed by atoms with Crippen LogP contribution in [0.3, 0.4) is 0 Å². The van der Waals surface area contributed by atoms with E-state index in [0.717, 1.165) is 18.6 Å². The van der Waals surface area contributed by atoms with Crippen molar-refractivity contribution in [2.75, 3.05) is 6.61 Å². The molecule has 0 amide bonds. The topological polar surface area (TPSA) is 59.0 Å². The molecule has 92 valence electrons. The van der Waals surface area contributed by atoms with Crippen molar-refractivity contribution in [3.05, 3.63) is 11.3 Å². The fourth-order valence-electron chi connectivity index (χ4n) is 2.75. The Morgan fingerprint density at radius 2 is 2.18 bits per heavy atom. The van der Waals surface area contributed by atoms with Gasteiger partial charge in [0, 0.05) is 6.42 Å². The third kappa shape index (κ3) is 2.38. The molecule has 0 spiro atoms. The Labute approximate surface area is 101 Å². The van der Waals surface area contributed by atoms with E-state index in [1.807, 2.05) is 6.92 Å². The third-order valence-corrected chi connectivity index (χ3v) is 3.78. The molecular weight excluding hydrogens is 218 g/mol. The highest BCUT2D eigenvalue weighted by Crippen LogP contribution is 2.46. The van der Waals surface area contributed by atoms with Crippen molar-refractivity contribution in [2.24, 2.45) is 16.3 Å². The van der Waals surface area contributed by atoms with Gasteiger partial charge in [0.1, 0.15) is 5.70 Å². The van der Waals surface area contributed by atoms with Crippen molar-refractivity contribution < 1.29 is 14.3 Å². The summed E-state index contributed by atoms with van der Waals surface area (Å²) in [6.07, 6.45) is 3.13. The summed E-state index contributed by atoms with van der Waals surface area (Å²) in [5.41, 5.74) is 1.13. The van der Waals surface area contributed by atoms with Gasteiger partial charge in [-0.2, -0.15) is 4.99 Å². The molecule has 1 fully saturated rings. The van der Waals surface area contributed by atoms with E-state index < -0.39 is 0 Å². The van der Waals surface area contributed by atoms with Crippen LogP contribution in [0.5, 0.6) is 0 Å². The lowest BCUT2D eigenvalue weighted by molar-refractivity contribution is -0.119. The molecule has 1 aliphatic carbocycles. The quantitative estimate of drug-likeness (QED) is 0.427. The van der Waals surface area contributed by atoms with Gasteiger partial charge in [-0.1, -0.05) is 13.8 Å². The molecule has 0 radical (unpaired) electrons. The second-order valence-electron chi connectivity index (χ2n) is 5.57. The molecule has 2 aliphatic rings. The SMILES string of the molecule is CC1=C(N=C=O)C(=O)CC(C)(C)C1CC1CO1. The molecule has 1 heterocycles. The standard InChI is InChI=1S/C13H17NO3/c1-8-10(4-9-6-17-9)13(2,3)5-11(16)12(8)14-7-15/h9-10H,4-6H2,1-3H3. The molecule has 1 saturated heterocycles. The maximum absolute atomic E-state index is 11.9. The lowest BCUT2D eigenvalue weighted by Crippen LogP contribution is -2.34. The molecule has 0 aromatic rings. The van der Waals surface area contributed by atoms with Gasteiger partial charge in [0.2, 0.25) is 6.08 Å². The van der Waals surface area contributed by atoms with Crippen molar-refractivity contribution in [3.63, 3.8) is 0 Å². The molecule has 17 heavy (non-hydrogen) atoms. The minimum atomic E-state index is -0.0883. The summed E-state index contributed by atoms with van der Waals surface area (Å²) in [5, 5.41) is 0. The van der Waals surface area contributed by atoms with E-state index in [1.54, 1.807) is 0 Å². The molecular formula is C13H17NO3. The highest BCUT2D eigenvalue weighted by molar-refractivity contribution is 5.98. The number of carbonyl (C=O) groups is 1. The summed E-state index contributed by atoms with van der Waals surface area (Å²) in [7, 11) is 0. The fraction of sp³-hybridized carbons (Fsp3) is 0.692. The van der Waals surface area contributed by atoms with Gasteiger partial charge in [-0.15, -0.1) is 0 Å². The number of ether oxygens (including phenoxy) is 1. The number of aliphatic imine (C=N–C) groups is 1. The number of hydrogen-bond donors (Lipinski definition) is 0. The van der Waals surface area contributed by atoms with Crippen molar-refractivity contribution in [3.8, 4) is 0 Å². The normalized spacial score (nSPS) is 31.1. The van der Waals surface area contributed by atoms with E-state index >= 15 is 0 Å². The monoisotopic (exact) mass is 235 g/mol. The number of isocyanates is 1. The molecule has 0 N–H and O–H groups in total. The van der Waals surface area contributed by atoms with Crippen LogP contribution in [0, 0.1) is 11.3 Å². The van der Waals surface area contributed by atoms with Gasteiger partial charge >= 0.3 is 0 Å². The lowest BCUT2D eigenvalue weighted by Gasteiger charge is -2.38. The number of Topliss-reactive ketones (excluding diaryl/α,β-unsaturated/α-hetero) is 1. The minimum Gasteiger partial charge on any atom is -0.373 e. The van der Waals surface area contributed by atoms with E-state index in [2.05, 4.69) is 18.8 Å². The Morgan fingerprint density at radius 3 is 2.71 bits per heavy atom.